The van der Waals surface area contributed by atoms with Crippen LogP contribution < -0.4 is 5.32 Å². The topological polar surface area (TPSA) is 38.3 Å². The Morgan fingerprint density at radius 3 is 2.22 bits per heavy atom. The minimum atomic E-state index is -0.467. The number of hydrogen-bond acceptors (Lipinski definition) is 2. The second-order valence-electron chi connectivity index (χ2n) is 6.26. The van der Waals surface area contributed by atoms with E-state index in [0.717, 1.165) is 5.69 Å². The van der Waals surface area contributed by atoms with E-state index in [0.29, 0.717) is 5.41 Å². The minimum absolute atomic E-state index is 0.366. The lowest BCUT2D eigenvalue weighted by atomic mass is 9.98. The standard InChI is InChI=1S/C15H21NO2/c1-14(2,3)18-13(17)16-12-7-5-11(6-8-12)15(4)9-10-15/h5-8H,9-10H2,1-4H3,(H,16,17). The third kappa shape index (κ3) is 3.25. The monoisotopic (exact) mass is 247 g/mol. The number of anilines is 1. The molecule has 1 aromatic carbocycles. The minimum Gasteiger partial charge on any atom is -0.444 e. The van der Waals surface area contributed by atoms with Gasteiger partial charge in [0.25, 0.3) is 0 Å². The van der Waals surface area contributed by atoms with E-state index in [1.54, 1.807) is 0 Å². The molecule has 0 spiro atoms. The van der Waals surface area contributed by atoms with Crippen molar-refractivity contribution < 1.29 is 9.53 Å². The van der Waals surface area contributed by atoms with Crippen molar-refractivity contribution in [3.8, 4) is 0 Å². The van der Waals surface area contributed by atoms with Crippen LogP contribution in [0.2, 0.25) is 0 Å². The zero-order valence-corrected chi connectivity index (χ0v) is 11.5. The van der Waals surface area contributed by atoms with Crippen molar-refractivity contribution in [2.75, 3.05) is 5.32 Å². The first-order chi connectivity index (χ1) is 8.28. The summed E-state index contributed by atoms with van der Waals surface area (Å²) in [5, 5.41) is 2.74. The van der Waals surface area contributed by atoms with Crippen LogP contribution in [-0.4, -0.2) is 11.7 Å². The molecule has 1 aliphatic rings. The summed E-state index contributed by atoms with van der Waals surface area (Å²) >= 11 is 0. The maximum absolute atomic E-state index is 11.6. The summed E-state index contributed by atoms with van der Waals surface area (Å²) < 4.78 is 5.20. The summed E-state index contributed by atoms with van der Waals surface area (Å²) in [5.41, 5.74) is 2.02. The molecule has 0 saturated heterocycles. The van der Waals surface area contributed by atoms with E-state index in [-0.39, 0.29) is 0 Å². The van der Waals surface area contributed by atoms with Gasteiger partial charge in [0.1, 0.15) is 5.60 Å². The van der Waals surface area contributed by atoms with Crippen molar-refractivity contribution in [3.63, 3.8) is 0 Å². The summed E-state index contributed by atoms with van der Waals surface area (Å²) in [4.78, 5) is 11.6. The van der Waals surface area contributed by atoms with Crippen molar-refractivity contribution in [2.24, 2.45) is 0 Å². The Hall–Kier alpha value is -1.51. The van der Waals surface area contributed by atoms with Gasteiger partial charge in [0.05, 0.1) is 0 Å². The van der Waals surface area contributed by atoms with E-state index < -0.39 is 11.7 Å². The molecule has 3 nitrogen and oxygen atoms in total. The molecule has 3 heteroatoms. The molecular weight excluding hydrogens is 226 g/mol. The molecule has 0 heterocycles. The molecule has 0 unspecified atom stereocenters. The first kappa shape index (κ1) is 12.9. The summed E-state index contributed by atoms with van der Waals surface area (Å²) in [6, 6.07) is 8.03. The van der Waals surface area contributed by atoms with Crippen LogP contribution in [0.5, 0.6) is 0 Å². The van der Waals surface area contributed by atoms with Crippen LogP contribution in [0.15, 0.2) is 24.3 Å². The summed E-state index contributed by atoms with van der Waals surface area (Å²) in [6.45, 7) is 7.82. The maximum atomic E-state index is 11.6. The molecule has 1 aromatic rings. The average Bonchev–Trinajstić information content (AvgIpc) is 2.95. The smallest absolute Gasteiger partial charge is 0.412 e. The van der Waals surface area contributed by atoms with Gasteiger partial charge in [-0.3, -0.25) is 5.32 Å². The Morgan fingerprint density at radius 1 is 1.22 bits per heavy atom. The molecular formula is C15H21NO2. The van der Waals surface area contributed by atoms with E-state index in [2.05, 4.69) is 24.4 Å². The Bertz CT molecular complexity index is 439. The summed E-state index contributed by atoms with van der Waals surface area (Å²) in [5.74, 6) is 0. The molecule has 1 saturated carbocycles. The van der Waals surface area contributed by atoms with Crippen LogP contribution in [-0.2, 0) is 10.2 Å². The van der Waals surface area contributed by atoms with Crippen molar-refractivity contribution in [3.05, 3.63) is 29.8 Å². The molecule has 0 radical (unpaired) electrons. The Morgan fingerprint density at radius 2 is 1.78 bits per heavy atom. The number of benzene rings is 1. The fraction of sp³-hybridized carbons (Fsp3) is 0.533. The van der Waals surface area contributed by atoms with Gasteiger partial charge in [0.15, 0.2) is 0 Å². The number of amides is 1. The first-order valence-corrected chi connectivity index (χ1v) is 6.39. The third-order valence-electron chi connectivity index (χ3n) is 3.23. The largest absolute Gasteiger partial charge is 0.444 e. The fourth-order valence-electron chi connectivity index (χ4n) is 1.85. The van der Waals surface area contributed by atoms with Crippen molar-refractivity contribution >= 4 is 11.8 Å². The van der Waals surface area contributed by atoms with Crippen LogP contribution in [0.1, 0.15) is 46.1 Å². The fourth-order valence-corrected chi connectivity index (χ4v) is 1.85. The van der Waals surface area contributed by atoms with Gasteiger partial charge in [-0.25, -0.2) is 4.79 Å². The van der Waals surface area contributed by atoms with E-state index >= 15 is 0 Å². The number of ether oxygens (including phenoxy) is 1. The molecule has 0 atom stereocenters. The number of nitrogens with one attached hydrogen (secondary N) is 1. The zero-order valence-electron chi connectivity index (χ0n) is 11.5. The lowest BCUT2D eigenvalue weighted by Gasteiger charge is -2.19. The number of carbonyl (C=O) groups is 1. The van der Waals surface area contributed by atoms with Crippen LogP contribution in [0.4, 0.5) is 10.5 Å². The molecule has 0 bridgehead atoms. The lowest BCUT2D eigenvalue weighted by Crippen LogP contribution is -2.27. The SMILES string of the molecule is CC(C)(C)OC(=O)Nc1ccc(C2(C)CC2)cc1. The van der Waals surface area contributed by atoms with Crippen LogP contribution in [0, 0.1) is 0 Å². The highest BCUT2D eigenvalue weighted by Crippen LogP contribution is 2.47. The predicted octanol–water partition coefficient (Wildman–Crippen LogP) is 4.09. The highest BCUT2D eigenvalue weighted by molar-refractivity contribution is 5.84. The highest BCUT2D eigenvalue weighted by Gasteiger charge is 2.38. The molecule has 1 N–H and O–H groups in total. The Kier molecular flexibility index (Phi) is 3.09. The molecule has 0 aromatic heterocycles. The maximum Gasteiger partial charge on any atom is 0.412 e. The molecule has 2 rings (SSSR count). The van der Waals surface area contributed by atoms with Gasteiger partial charge in [0, 0.05) is 5.69 Å². The third-order valence-corrected chi connectivity index (χ3v) is 3.23. The average molecular weight is 247 g/mol. The normalized spacial score (nSPS) is 17.1. The van der Waals surface area contributed by atoms with E-state index in [1.165, 1.54) is 18.4 Å². The molecule has 1 fully saturated rings. The van der Waals surface area contributed by atoms with Crippen LogP contribution in [0.25, 0.3) is 0 Å². The molecule has 1 aliphatic carbocycles. The van der Waals surface area contributed by atoms with Crippen LogP contribution in [0.3, 0.4) is 0 Å². The summed E-state index contributed by atoms with van der Waals surface area (Å²) in [6.07, 6.45) is 2.10. The molecule has 1 amide bonds. The van der Waals surface area contributed by atoms with E-state index in [9.17, 15) is 4.79 Å². The van der Waals surface area contributed by atoms with Gasteiger partial charge in [0.2, 0.25) is 0 Å². The number of hydrogen-bond donors (Lipinski definition) is 1. The van der Waals surface area contributed by atoms with Gasteiger partial charge in [-0.2, -0.15) is 0 Å². The quantitative estimate of drug-likeness (QED) is 0.855. The molecule has 0 aliphatic heterocycles. The second kappa shape index (κ2) is 4.30. The zero-order chi connectivity index (χ0) is 13.4. The molecule has 18 heavy (non-hydrogen) atoms. The number of rotatable bonds is 2. The van der Waals surface area contributed by atoms with Gasteiger partial charge >= 0.3 is 6.09 Å². The van der Waals surface area contributed by atoms with Gasteiger partial charge in [-0.05, 0) is 56.7 Å². The Labute approximate surface area is 109 Å². The predicted molar refractivity (Wildman–Crippen MR) is 72.9 cm³/mol. The van der Waals surface area contributed by atoms with Crippen molar-refractivity contribution in [1.29, 1.82) is 0 Å². The van der Waals surface area contributed by atoms with Gasteiger partial charge in [-0.1, -0.05) is 19.1 Å². The van der Waals surface area contributed by atoms with Crippen LogP contribution >= 0.6 is 0 Å². The second-order valence-corrected chi connectivity index (χ2v) is 6.26. The van der Waals surface area contributed by atoms with Crippen molar-refractivity contribution in [1.82, 2.24) is 0 Å². The van der Waals surface area contributed by atoms with E-state index in [4.69, 9.17) is 4.74 Å². The van der Waals surface area contributed by atoms with Crippen molar-refractivity contribution in [2.45, 2.75) is 51.6 Å². The molecule has 98 valence electrons. The number of carbonyl (C=O) groups excluding carboxylic acids is 1. The van der Waals surface area contributed by atoms with Gasteiger partial charge in [-0.15, -0.1) is 0 Å². The first-order valence-electron chi connectivity index (χ1n) is 6.39. The highest BCUT2D eigenvalue weighted by atomic mass is 16.6. The van der Waals surface area contributed by atoms with E-state index in [1.807, 2.05) is 32.9 Å². The summed E-state index contributed by atoms with van der Waals surface area (Å²) in [7, 11) is 0. The Balaban J connectivity index is 1.96. The lowest BCUT2D eigenvalue weighted by molar-refractivity contribution is 0.0636. The van der Waals surface area contributed by atoms with Gasteiger partial charge < -0.3 is 4.74 Å².